The molecule has 2 aromatic carbocycles. The zero-order chi connectivity index (χ0) is 12.8. The third-order valence-electron chi connectivity index (χ3n) is 2.40. The van der Waals surface area contributed by atoms with E-state index in [1.807, 2.05) is 63.2 Å². The van der Waals surface area contributed by atoms with Crippen LogP contribution in [0.4, 0.5) is 0 Å². The SMILES string of the molecule is Cc1ccc(Cl)cc1.Cc1cccc(C)c1Cl. The zero-order valence-corrected chi connectivity index (χ0v) is 11.8. The monoisotopic (exact) mass is 266 g/mol. The summed E-state index contributed by atoms with van der Waals surface area (Å²) in [6, 6.07) is 13.8. The highest BCUT2D eigenvalue weighted by atomic mass is 35.5. The van der Waals surface area contributed by atoms with Crippen molar-refractivity contribution in [2.45, 2.75) is 20.8 Å². The van der Waals surface area contributed by atoms with E-state index in [9.17, 15) is 0 Å². The van der Waals surface area contributed by atoms with Gasteiger partial charge in [0.25, 0.3) is 0 Å². The standard InChI is InChI=1S/C8H9Cl.C7H7Cl/c1-6-4-3-5-7(2)8(6)9;1-6-2-4-7(8)5-3-6/h3-5H,1-2H3;2-5H,1H3. The van der Waals surface area contributed by atoms with Crippen molar-refractivity contribution in [3.05, 3.63) is 69.2 Å². The van der Waals surface area contributed by atoms with Gasteiger partial charge in [-0.15, -0.1) is 0 Å². The van der Waals surface area contributed by atoms with E-state index in [1.165, 1.54) is 5.56 Å². The molecule has 0 aliphatic carbocycles. The van der Waals surface area contributed by atoms with Gasteiger partial charge in [-0.1, -0.05) is 59.1 Å². The van der Waals surface area contributed by atoms with Crippen molar-refractivity contribution in [1.82, 2.24) is 0 Å². The minimum atomic E-state index is 0.801. The van der Waals surface area contributed by atoms with Crippen LogP contribution in [-0.4, -0.2) is 0 Å². The largest absolute Gasteiger partial charge is 0.0843 e. The van der Waals surface area contributed by atoms with Gasteiger partial charge in [-0.3, -0.25) is 0 Å². The van der Waals surface area contributed by atoms with Crippen LogP contribution in [0.2, 0.25) is 10.0 Å². The van der Waals surface area contributed by atoms with E-state index in [-0.39, 0.29) is 0 Å². The smallest absolute Gasteiger partial charge is 0.0464 e. The lowest BCUT2D eigenvalue weighted by Crippen LogP contribution is -1.77. The molecule has 0 atom stereocenters. The van der Waals surface area contributed by atoms with E-state index in [0.29, 0.717) is 0 Å². The molecule has 90 valence electrons. The summed E-state index contributed by atoms with van der Waals surface area (Å²) < 4.78 is 0. The van der Waals surface area contributed by atoms with Crippen molar-refractivity contribution < 1.29 is 0 Å². The Hall–Kier alpha value is -0.980. The second kappa shape index (κ2) is 6.68. The summed E-state index contributed by atoms with van der Waals surface area (Å²) in [7, 11) is 0. The first kappa shape index (κ1) is 14.1. The van der Waals surface area contributed by atoms with Crippen LogP contribution in [0.25, 0.3) is 0 Å². The fourth-order valence-corrected chi connectivity index (χ4v) is 1.58. The van der Waals surface area contributed by atoms with Gasteiger partial charge >= 0.3 is 0 Å². The lowest BCUT2D eigenvalue weighted by molar-refractivity contribution is 1.39. The van der Waals surface area contributed by atoms with Gasteiger partial charge in [0.15, 0.2) is 0 Å². The third kappa shape index (κ3) is 4.80. The average Bonchev–Trinajstić information content (AvgIpc) is 2.31. The molecule has 0 nitrogen and oxygen atoms in total. The Morgan fingerprint density at radius 1 is 0.706 bits per heavy atom. The quantitative estimate of drug-likeness (QED) is 0.582. The van der Waals surface area contributed by atoms with Gasteiger partial charge in [0, 0.05) is 10.0 Å². The predicted octanol–water partition coefficient (Wildman–Crippen LogP) is 5.61. The number of benzene rings is 2. The topological polar surface area (TPSA) is 0 Å². The van der Waals surface area contributed by atoms with Gasteiger partial charge in [0.05, 0.1) is 0 Å². The molecule has 0 amide bonds. The number of rotatable bonds is 0. The van der Waals surface area contributed by atoms with Crippen LogP contribution in [0.5, 0.6) is 0 Å². The van der Waals surface area contributed by atoms with Crippen molar-refractivity contribution in [3.63, 3.8) is 0 Å². The van der Waals surface area contributed by atoms with Crippen LogP contribution in [0, 0.1) is 20.8 Å². The summed E-state index contributed by atoms with van der Waals surface area (Å²) in [5.41, 5.74) is 3.54. The third-order valence-corrected chi connectivity index (χ3v) is 3.24. The Morgan fingerprint density at radius 3 is 1.53 bits per heavy atom. The van der Waals surface area contributed by atoms with Gasteiger partial charge in [-0.2, -0.15) is 0 Å². The second-order valence-corrected chi connectivity index (χ2v) is 4.82. The summed E-state index contributed by atoms with van der Waals surface area (Å²) in [6.07, 6.45) is 0. The molecule has 2 heteroatoms. The predicted molar refractivity (Wildman–Crippen MR) is 77.1 cm³/mol. The molecule has 0 spiro atoms. The number of halogens is 2. The van der Waals surface area contributed by atoms with Gasteiger partial charge in [-0.05, 0) is 44.0 Å². The molecule has 2 rings (SSSR count). The fraction of sp³-hybridized carbons (Fsp3) is 0.200. The first-order chi connectivity index (χ1) is 8.00. The lowest BCUT2D eigenvalue weighted by Gasteiger charge is -1.98. The van der Waals surface area contributed by atoms with E-state index < -0.39 is 0 Å². The first-order valence-corrected chi connectivity index (χ1v) is 6.20. The molecule has 17 heavy (non-hydrogen) atoms. The highest BCUT2D eigenvalue weighted by molar-refractivity contribution is 6.32. The zero-order valence-electron chi connectivity index (χ0n) is 10.3. The van der Waals surface area contributed by atoms with Crippen LogP contribution in [0.1, 0.15) is 16.7 Å². The molecule has 0 heterocycles. The minimum Gasteiger partial charge on any atom is -0.0843 e. The molecule has 0 aromatic heterocycles. The molecule has 0 aliphatic rings. The molecule has 0 aliphatic heterocycles. The summed E-state index contributed by atoms with van der Waals surface area (Å²) in [6.45, 7) is 6.06. The molecule has 0 unspecified atom stereocenters. The van der Waals surface area contributed by atoms with Crippen molar-refractivity contribution >= 4 is 23.2 Å². The molecule has 0 bridgehead atoms. The van der Waals surface area contributed by atoms with Crippen LogP contribution in [0.3, 0.4) is 0 Å². The van der Waals surface area contributed by atoms with Crippen molar-refractivity contribution in [1.29, 1.82) is 0 Å². The molecule has 2 aromatic rings. The molecule has 0 fully saturated rings. The van der Waals surface area contributed by atoms with Gasteiger partial charge in [0.1, 0.15) is 0 Å². The maximum Gasteiger partial charge on any atom is 0.0464 e. The molecule has 0 radical (unpaired) electrons. The van der Waals surface area contributed by atoms with Gasteiger partial charge in [-0.25, -0.2) is 0 Å². The Balaban J connectivity index is 0.000000171. The molecule has 0 saturated carbocycles. The second-order valence-electron chi connectivity index (χ2n) is 4.00. The fourth-order valence-electron chi connectivity index (χ4n) is 1.33. The van der Waals surface area contributed by atoms with E-state index >= 15 is 0 Å². The highest BCUT2D eigenvalue weighted by Gasteiger charge is 1.94. The van der Waals surface area contributed by atoms with Gasteiger partial charge < -0.3 is 0 Å². The van der Waals surface area contributed by atoms with Crippen molar-refractivity contribution in [3.8, 4) is 0 Å². The molecular formula is C15H16Cl2. The Labute approximate surface area is 113 Å². The maximum absolute atomic E-state index is 5.88. The normalized spacial score (nSPS) is 9.47. The molecular weight excluding hydrogens is 251 g/mol. The van der Waals surface area contributed by atoms with E-state index in [2.05, 4.69) is 0 Å². The lowest BCUT2D eigenvalue weighted by atomic mass is 10.2. The first-order valence-electron chi connectivity index (χ1n) is 5.44. The van der Waals surface area contributed by atoms with Crippen LogP contribution in [-0.2, 0) is 0 Å². The van der Waals surface area contributed by atoms with Crippen LogP contribution >= 0.6 is 23.2 Å². The van der Waals surface area contributed by atoms with Crippen molar-refractivity contribution in [2.24, 2.45) is 0 Å². The molecule has 0 saturated heterocycles. The summed E-state index contributed by atoms with van der Waals surface area (Å²) in [5, 5.41) is 1.69. The minimum absolute atomic E-state index is 0.801. The van der Waals surface area contributed by atoms with Crippen molar-refractivity contribution in [2.75, 3.05) is 0 Å². The Bertz CT molecular complexity index is 432. The summed E-state index contributed by atoms with van der Waals surface area (Å²) in [5.74, 6) is 0. The molecule has 0 N–H and O–H groups in total. The average molecular weight is 267 g/mol. The maximum atomic E-state index is 5.88. The Morgan fingerprint density at radius 2 is 1.18 bits per heavy atom. The number of aryl methyl sites for hydroxylation is 3. The number of hydrogen-bond donors (Lipinski definition) is 0. The van der Waals surface area contributed by atoms with Crippen LogP contribution in [0.15, 0.2) is 42.5 Å². The Kier molecular flexibility index (Phi) is 5.54. The summed E-state index contributed by atoms with van der Waals surface area (Å²) in [4.78, 5) is 0. The number of hydrogen-bond acceptors (Lipinski definition) is 0. The van der Waals surface area contributed by atoms with Crippen LogP contribution < -0.4 is 0 Å². The summed E-state index contributed by atoms with van der Waals surface area (Å²) >= 11 is 11.5. The highest BCUT2D eigenvalue weighted by Crippen LogP contribution is 2.18. The van der Waals surface area contributed by atoms with E-state index in [4.69, 9.17) is 23.2 Å². The van der Waals surface area contributed by atoms with Gasteiger partial charge in [0.2, 0.25) is 0 Å². The van der Waals surface area contributed by atoms with E-state index in [0.717, 1.165) is 21.2 Å². The van der Waals surface area contributed by atoms with E-state index in [1.54, 1.807) is 0 Å².